The van der Waals surface area contributed by atoms with Crippen molar-refractivity contribution in [2.75, 3.05) is 0 Å². The smallest absolute Gasteiger partial charge is 0.258 e. The van der Waals surface area contributed by atoms with Gasteiger partial charge in [0, 0.05) is 17.6 Å². The fourth-order valence-electron chi connectivity index (χ4n) is 1.10. The summed E-state index contributed by atoms with van der Waals surface area (Å²) in [7, 11) is 0. The second-order valence-corrected chi connectivity index (χ2v) is 3.37. The maximum Gasteiger partial charge on any atom is 0.265 e. The van der Waals surface area contributed by atoms with Crippen LogP contribution in [0.25, 0.3) is 0 Å². The number of aromatic nitrogens is 1. The highest BCUT2D eigenvalue weighted by molar-refractivity contribution is 6.33. The van der Waals surface area contributed by atoms with Crippen LogP contribution in [-0.2, 0) is 12.3 Å². The van der Waals surface area contributed by atoms with E-state index in [9.17, 15) is 8.78 Å². The van der Waals surface area contributed by atoms with Gasteiger partial charge in [0.2, 0.25) is 0 Å². The Hall–Kier alpha value is -0.920. The van der Waals surface area contributed by atoms with Gasteiger partial charge >= 0.3 is 0 Å². The summed E-state index contributed by atoms with van der Waals surface area (Å²) >= 11 is 11.3. The minimum Gasteiger partial charge on any atom is -0.258 e. The molecule has 0 spiro atoms. The molecule has 80 valence electrons. The predicted octanol–water partition coefficient (Wildman–Crippen LogP) is 3.48. The third-order valence-electron chi connectivity index (χ3n) is 1.84. The average Bonchev–Trinajstić information content (AvgIpc) is 2.20. The van der Waals surface area contributed by atoms with Gasteiger partial charge in [-0.1, -0.05) is 11.6 Å². The van der Waals surface area contributed by atoms with Crippen molar-refractivity contribution in [2.24, 2.45) is 0 Å². The first-order valence-corrected chi connectivity index (χ1v) is 4.90. The molecule has 15 heavy (non-hydrogen) atoms. The molecule has 0 aromatic carbocycles. The molecule has 0 radical (unpaired) electrons. The molecular formula is C9H6Cl2F2N2. The molecule has 0 amide bonds. The summed E-state index contributed by atoms with van der Waals surface area (Å²) in [6.07, 6.45) is -1.67. The van der Waals surface area contributed by atoms with Gasteiger partial charge in [0.05, 0.1) is 23.2 Å². The van der Waals surface area contributed by atoms with E-state index in [1.807, 2.05) is 6.07 Å². The summed E-state index contributed by atoms with van der Waals surface area (Å²) in [6, 6.07) is 1.85. The van der Waals surface area contributed by atoms with Crippen LogP contribution in [-0.4, -0.2) is 4.98 Å². The van der Waals surface area contributed by atoms with Crippen LogP contribution in [0.5, 0.6) is 0 Å². The van der Waals surface area contributed by atoms with Gasteiger partial charge in [0.25, 0.3) is 6.43 Å². The third-order valence-corrected chi connectivity index (χ3v) is 2.56. The fraction of sp³-hybridized carbons (Fsp3) is 0.333. The van der Waals surface area contributed by atoms with Crippen LogP contribution in [0, 0.1) is 11.3 Å². The largest absolute Gasteiger partial charge is 0.265 e. The molecule has 0 unspecified atom stereocenters. The highest BCUT2D eigenvalue weighted by atomic mass is 35.5. The number of halogens is 4. The van der Waals surface area contributed by atoms with Gasteiger partial charge in [-0.3, -0.25) is 4.98 Å². The zero-order valence-electron chi connectivity index (χ0n) is 7.48. The van der Waals surface area contributed by atoms with Crippen LogP contribution in [0.3, 0.4) is 0 Å². The van der Waals surface area contributed by atoms with Crippen LogP contribution in [0.2, 0.25) is 5.02 Å². The lowest BCUT2D eigenvalue weighted by Gasteiger charge is -2.09. The normalized spacial score (nSPS) is 10.4. The Morgan fingerprint density at radius 2 is 2.20 bits per heavy atom. The standard InChI is InChI=1S/C9H6Cl2F2N2/c10-3-5-6(9(12)13)4-15-7(1-2-14)8(5)11/h4,9H,1,3H2. The van der Waals surface area contributed by atoms with Gasteiger partial charge in [0.15, 0.2) is 0 Å². The van der Waals surface area contributed by atoms with Gasteiger partial charge < -0.3 is 0 Å². The van der Waals surface area contributed by atoms with Crippen LogP contribution in [0.1, 0.15) is 23.2 Å². The van der Waals surface area contributed by atoms with Gasteiger partial charge in [-0.15, -0.1) is 11.6 Å². The Bertz CT molecular complexity index is 402. The summed E-state index contributed by atoms with van der Waals surface area (Å²) in [5.74, 6) is -0.126. The molecule has 0 saturated heterocycles. The Morgan fingerprint density at radius 1 is 1.53 bits per heavy atom. The summed E-state index contributed by atoms with van der Waals surface area (Å²) in [5, 5.41) is 8.52. The summed E-state index contributed by atoms with van der Waals surface area (Å²) in [6.45, 7) is 0. The molecular weight excluding hydrogens is 245 g/mol. The number of hydrogen-bond donors (Lipinski definition) is 0. The first kappa shape index (κ1) is 12.2. The minimum absolute atomic E-state index is 0.0216. The number of nitrogens with zero attached hydrogens (tertiary/aromatic N) is 2. The van der Waals surface area contributed by atoms with Gasteiger partial charge in [-0.25, -0.2) is 8.78 Å². The van der Waals surface area contributed by atoms with Crippen molar-refractivity contribution in [2.45, 2.75) is 18.7 Å². The van der Waals surface area contributed by atoms with Crippen molar-refractivity contribution in [1.82, 2.24) is 4.98 Å². The average molecular weight is 251 g/mol. The zero-order valence-corrected chi connectivity index (χ0v) is 8.99. The third kappa shape index (κ3) is 2.55. The second kappa shape index (κ2) is 5.24. The molecule has 0 saturated carbocycles. The lowest BCUT2D eigenvalue weighted by Crippen LogP contribution is -2.00. The lowest BCUT2D eigenvalue weighted by molar-refractivity contribution is 0.150. The maximum absolute atomic E-state index is 12.5. The summed E-state index contributed by atoms with van der Waals surface area (Å²) in [5.41, 5.74) is 0.143. The highest BCUT2D eigenvalue weighted by Crippen LogP contribution is 2.30. The van der Waals surface area contributed by atoms with Gasteiger partial charge in [-0.2, -0.15) is 5.26 Å². The molecule has 0 bridgehead atoms. The second-order valence-electron chi connectivity index (χ2n) is 2.72. The maximum atomic E-state index is 12.5. The monoisotopic (exact) mass is 250 g/mol. The van der Waals surface area contributed by atoms with Crippen LogP contribution < -0.4 is 0 Å². The van der Waals surface area contributed by atoms with Crippen molar-refractivity contribution in [1.29, 1.82) is 5.26 Å². The molecule has 1 aromatic heterocycles. The van der Waals surface area contributed by atoms with E-state index < -0.39 is 6.43 Å². The topological polar surface area (TPSA) is 36.7 Å². The Kier molecular flexibility index (Phi) is 4.25. The Balaban J connectivity index is 3.27. The molecule has 0 aliphatic carbocycles. The van der Waals surface area contributed by atoms with Gasteiger partial charge in [-0.05, 0) is 5.56 Å². The molecule has 0 fully saturated rings. The fourth-order valence-corrected chi connectivity index (χ4v) is 1.75. The van der Waals surface area contributed by atoms with Crippen molar-refractivity contribution >= 4 is 23.2 Å². The Morgan fingerprint density at radius 3 is 2.67 bits per heavy atom. The molecule has 0 atom stereocenters. The first-order valence-electron chi connectivity index (χ1n) is 3.99. The lowest BCUT2D eigenvalue weighted by atomic mass is 10.1. The SMILES string of the molecule is N#CCc1ncc(C(F)F)c(CCl)c1Cl. The molecule has 2 nitrogen and oxygen atoms in total. The molecule has 0 aliphatic heterocycles. The zero-order chi connectivity index (χ0) is 11.4. The summed E-state index contributed by atoms with van der Waals surface area (Å²) in [4.78, 5) is 3.70. The highest BCUT2D eigenvalue weighted by Gasteiger charge is 2.18. The quantitative estimate of drug-likeness (QED) is 0.771. The van der Waals surface area contributed by atoms with Crippen molar-refractivity contribution in [3.05, 3.63) is 28.0 Å². The predicted molar refractivity (Wildman–Crippen MR) is 53.1 cm³/mol. The van der Waals surface area contributed by atoms with Crippen molar-refractivity contribution < 1.29 is 8.78 Å². The molecule has 1 heterocycles. The van der Waals surface area contributed by atoms with E-state index in [0.29, 0.717) is 0 Å². The van der Waals surface area contributed by atoms with E-state index in [1.165, 1.54) is 0 Å². The van der Waals surface area contributed by atoms with E-state index in [4.69, 9.17) is 28.5 Å². The molecule has 6 heteroatoms. The number of alkyl halides is 3. The van der Waals surface area contributed by atoms with Crippen LogP contribution in [0.4, 0.5) is 8.78 Å². The molecule has 0 aliphatic rings. The number of hydrogen-bond acceptors (Lipinski definition) is 2. The van der Waals surface area contributed by atoms with Crippen LogP contribution in [0.15, 0.2) is 6.20 Å². The first-order chi connectivity index (χ1) is 7.11. The summed E-state index contributed by atoms with van der Waals surface area (Å²) < 4.78 is 25.0. The number of nitriles is 1. The van der Waals surface area contributed by atoms with Crippen molar-refractivity contribution in [3.8, 4) is 6.07 Å². The van der Waals surface area contributed by atoms with E-state index in [2.05, 4.69) is 4.98 Å². The van der Waals surface area contributed by atoms with Crippen LogP contribution >= 0.6 is 23.2 Å². The molecule has 1 aromatic rings. The molecule has 0 N–H and O–H groups in total. The molecule has 1 rings (SSSR count). The van der Waals surface area contributed by atoms with E-state index in [0.717, 1.165) is 6.20 Å². The minimum atomic E-state index is -2.67. The van der Waals surface area contributed by atoms with E-state index in [-0.39, 0.29) is 34.1 Å². The van der Waals surface area contributed by atoms with E-state index >= 15 is 0 Å². The number of rotatable bonds is 3. The van der Waals surface area contributed by atoms with Crippen molar-refractivity contribution in [3.63, 3.8) is 0 Å². The van der Waals surface area contributed by atoms with Gasteiger partial charge in [0.1, 0.15) is 0 Å². The number of pyridine rings is 1. The van der Waals surface area contributed by atoms with E-state index in [1.54, 1.807) is 0 Å². The Labute approximate surface area is 95.4 Å².